The van der Waals surface area contributed by atoms with Crippen LogP contribution in [0.25, 0.3) is 11.0 Å². The molecule has 0 spiro atoms. The van der Waals surface area contributed by atoms with E-state index in [0.29, 0.717) is 0 Å². The highest BCUT2D eigenvalue weighted by molar-refractivity contribution is 5.78. The summed E-state index contributed by atoms with van der Waals surface area (Å²) in [4.78, 5) is 9.65. The number of nitrogens with zero attached hydrogens (tertiary/aromatic N) is 4. The maximum atomic E-state index is 5.69. The van der Waals surface area contributed by atoms with Gasteiger partial charge in [-0.3, -0.25) is 0 Å². The van der Waals surface area contributed by atoms with Gasteiger partial charge in [-0.25, -0.2) is 4.98 Å². The van der Waals surface area contributed by atoms with Gasteiger partial charge in [-0.15, -0.1) is 0 Å². The fraction of sp³-hybridized carbons (Fsp3) is 0.588. The van der Waals surface area contributed by atoms with Crippen molar-refractivity contribution in [1.29, 1.82) is 0 Å². The molecule has 5 heteroatoms. The summed E-state index contributed by atoms with van der Waals surface area (Å²) in [5.74, 6) is 1.09. The topological polar surface area (TPSA) is 33.5 Å². The second-order valence-corrected chi connectivity index (χ2v) is 5.95. The number of piperazine rings is 1. The highest BCUT2D eigenvalue weighted by atomic mass is 16.5. The molecule has 1 aromatic carbocycles. The van der Waals surface area contributed by atoms with Crippen molar-refractivity contribution in [3.8, 4) is 0 Å². The fourth-order valence-electron chi connectivity index (χ4n) is 2.93. The van der Waals surface area contributed by atoms with Gasteiger partial charge in [-0.2, -0.15) is 0 Å². The molecule has 1 aliphatic heterocycles. The Kier molecular flexibility index (Phi) is 4.95. The Morgan fingerprint density at radius 1 is 1.09 bits per heavy atom. The van der Waals surface area contributed by atoms with Crippen molar-refractivity contribution in [2.24, 2.45) is 0 Å². The van der Waals surface area contributed by atoms with E-state index in [9.17, 15) is 0 Å². The Hall–Kier alpha value is -1.59. The van der Waals surface area contributed by atoms with Crippen LogP contribution in [0.3, 0.4) is 0 Å². The van der Waals surface area contributed by atoms with E-state index in [1.54, 1.807) is 0 Å². The Labute approximate surface area is 132 Å². The number of aromatic nitrogens is 2. The molecule has 22 heavy (non-hydrogen) atoms. The van der Waals surface area contributed by atoms with E-state index in [4.69, 9.17) is 9.72 Å². The zero-order valence-corrected chi connectivity index (χ0v) is 13.7. The standard InChI is InChI=1S/C17H26N4O/c1-3-13-22-14-12-21-16-7-5-4-6-15(16)18-17(21)20-10-8-19(2)9-11-20/h4-7H,3,8-14H2,1-2H3. The van der Waals surface area contributed by atoms with Crippen LogP contribution in [0.2, 0.25) is 0 Å². The molecule has 3 rings (SSSR count). The average Bonchev–Trinajstić information content (AvgIpc) is 2.91. The van der Waals surface area contributed by atoms with E-state index in [2.05, 4.69) is 52.6 Å². The quantitative estimate of drug-likeness (QED) is 0.766. The first-order valence-corrected chi connectivity index (χ1v) is 8.26. The summed E-state index contributed by atoms with van der Waals surface area (Å²) in [7, 11) is 2.18. The molecule has 0 radical (unpaired) electrons. The Balaban J connectivity index is 1.84. The number of hydrogen-bond acceptors (Lipinski definition) is 4. The normalized spacial score (nSPS) is 16.5. The lowest BCUT2D eigenvalue weighted by atomic mass is 10.3. The summed E-state index contributed by atoms with van der Waals surface area (Å²) in [6.45, 7) is 8.84. The van der Waals surface area contributed by atoms with E-state index >= 15 is 0 Å². The number of likely N-dealkylation sites (N-methyl/N-ethyl adjacent to an activating group) is 1. The van der Waals surface area contributed by atoms with Crippen LogP contribution in [0.5, 0.6) is 0 Å². The molecule has 0 saturated carbocycles. The molecule has 1 fully saturated rings. The smallest absolute Gasteiger partial charge is 0.206 e. The number of fused-ring (bicyclic) bond motifs is 1. The zero-order chi connectivity index (χ0) is 15.4. The number of rotatable bonds is 6. The maximum absolute atomic E-state index is 5.69. The summed E-state index contributed by atoms with van der Waals surface area (Å²) in [6, 6.07) is 8.39. The first kappa shape index (κ1) is 15.3. The van der Waals surface area contributed by atoms with Gasteiger partial charge in [0.2, 0.25) is 5.95 Å². The number of ether oxygens (including phenoxy) is 1. The molecule has 2 heterocycles. The molecule has 1 saturated heterocycles. The van der Waals surface area contributed by atoms with Gasteiger partial charge in [0.25, 0.3) is 0 Å². The summed E-state index contributed by atoms with van der Waals surface area (Å²) >= 11 is 0. The molecular weight excluding hydrogens is 276 g/mol. The van der Waals surface area contributed by atoms with Crippen molar-refractivity contribution in [3.63, 3.8) is 0 Å². The first-order valence-electron chi connectivity index (χ1n) is 8.26. The second-order valence-electron chi connectivity index (χ2n) is 5.95. The van der Waals surface area contributed by atoms with Crippen LogP contribution in [-0.4, -0.2) is 60.9 Å². The van der Waals surface area contributed by atoms with Crippen LogP contribution in [0, 0.1) is 0 Å². The van der Waals surface area contributed by atoms with Gasteiger partial charge >= 0.3 is 0 Å². The maximum Gasteiger partial charge on any atom is 0.206 e. The molecule has 0 unspecified atom stereocenters. The number of para-hydroxylation sites is 2. The minimum Gasteiger partial charge on any atom is -0.380 e. The highest BCUT2D eigenvalue weighted by Gasteiger charge is 2.20. The molecule has 1 aromatic heterocycles. The largest absolute Gasteiger partial charge is 0.380 e. The Morgan fingerprint density at radius 2 is 1.86 bits per heavy atom. The molecule has 2 aromatic rings. The summed E-state index contributed by atoms with van der Waals surface area (Å²) in [6.07, 6.45) is 1.07. The van der Waals surface area contributed by atoms with Crippen molar-refractivity contribution in [2.45, 2.75) is 19.9 Å². The predicted molar refractivity (Wildman–Crippen MR) is 90.6 cm³/mol. The van der Waals surface area contributed by atoms with Gasteiger partial charge in [0, 0.05) is 39.3 Å². The van der Waals surface area contributed by atoms with Crippen molar-refractivity contribution in [3.05, 3.63) is 24.3 Å². The molecule has 0 amide bonds. The SMILES string of the molecule is CCCOCCn1c(N2CCN(C)CC2)nc2ccccc21. The van der Waals surface area contributed by atoms with Gasteiger partial charge < -0.3 is 19.1 Å². The van der Waals surface area contributed by atoms with Gasteiger partial charge in [0.05, 0.1) is 17.6 Å². The molecule has 0 atom stereocenters. The molecule has 0 aliphatic carbocycles. The highest BCUT2D eigenvalue weighted by Crippen LogP contribution is 2.23. The molecule has 0 bridgehead atoms. The number of benzene rings is 1. The number of hydrogen-bond donors (Lipinski definition) is 0. The van der Waals surface area contributed by atoms with Crippen LogP contribution in [0.1, 0.15) is 13.3 Å². The molecular formula is C17H26N4O. The van der Waals surface area contributed by atoms with Crippen molar-refractivity contribution in [1.82, 2.24) is 14.5 Å². The lowest BCUT2D eigenvalue weighted by Crippen LogP contribution is -2.45. The first-order chi connectivity index (χ1) is 10.8. The van der Waals surface area contributed by atoms with Crippen molar-refractivity contribution < 1.29 is 4.74 Å². The molecule has 5 nitrogen and oxygen atoms in total. The van der Waals surface area contributed by atoms with Crippen LogP contribution in [0.15, 0.2) is 24.3 Å². The van der Waals surface area contributed by atoms with Crippen molar-refractivity contribution in [2.75, 3.05) is 51.3 Å². The summed E-state index contributed by atoms with van der Waals surface area (Å²) in [5.41, 5.74) is 2.28. The van der Waals surface area contributed by atoms with Gasteiger partial charge in [-0.1, -0.05) is 19.1 Å². The van der Waals surface area contributed by atoms with Crippen molar-refractivity contribution >= 4 is 17.0 Å². The third kappa shape index (κ3) is 3.25. The third-order valence-corrected chi connectivity index (χ3v) is 4.23. The predicted octanol–water partition coefficient (Wildman–Crippen LogP) is 2.21. The number of anilines is 1. The summed E-state index contributed by atoms with van der Waals surface area (Å²) < 4.78 is 8.00. The van der Waals surface area contributed by atoms with E-state index in [0.717, 1.165) is 63.8 Å². The minimum atomic E-state index is 0.745. The summed E-state index contributed by atoms with van der Waals surface area (Å²) in [5, 5.41) is 0. The van der Waals surface area contributed by atoms with Crippen LogP contribution in [0.4, 0.5) is 5.95 Å². The third-order valence-electron chi connectivity index (χ3n) is 4.23. The average molecular weight is 302 g/mol. The van der Waals surface area contributed by atoms with E-state index in [-0.39, 0.29) is 0 Å². The van der Waals surface area contributed by atoms with Gasteiger partial charge in [0.1, 0.15) is 0 Å². The number of imidazole rings is 1. The molecule has 0 N–H and O–H groups in total. The second kappa shape index (κ2) is 7.11. The van der Waals surface area contributed by atoms with Crippen LogP contribution in [-0.2, 0) is 11.3 Å². The zero-order valence-electron chi connectivity index (χ0n) is 13.7. The Bertz CT molecular complexity index is 602. The minimum absolute atomic E-state index is 0.745. The van der Waals surface area contributed by atoms with E-state index in [1.807, 2.05) is 0 Å². The lowest BCUT2D eigenvalue weighted by Gasteiger charge is -2.33. The monoisotopic (exact) mass is 302 g/mol. The Morgan fingerprint density at radius 3 is 2.64 bits per heavy atom. The van der Waals surface area contributed by atoms with E-state index < -0.39 is 0 Å². The molecule has 1 aliphatic rings. The van der Waals surface area contributed by atoms with Gasteiger partial charge in [0.15, 0.2) is 0 Å². The lowest BCUT2D eigenvalue weighted by molar-refractivity contribution is 0.127. The fourth-order valence-corrected chi connectivity index (χ4v) is 2.93. The molecule has 120 valence electrons. The van der Waals surface area contributed by atoms with Crippen LogP contribution >= 0.6 is 0 Å². The van der Waals surface area contributed by atoms with E-state index in [1.165, 1.54) is 5.52 Å². The van der Waals surface area contributed by atoms with Gasteiger partial charge in [-0.05, 0) is 25.6 Å². The van der Waals surface area contributed by atoms with Crippen LogP contribution < -0.4 is 4.90 Å².